The maximum Gasteiger partial charge on any atom is 0.310 e. The van der Waals surface area contributed by atoms with E-state index < -0.39 is 4.92 Å². The highest BCUT2D eigenvalue weighted by Crippen LogP contribution is 2.27. The highest BCUT2D eigenvalue weighted by Gasteiger charge is 2.16. The second kappa shape index (κ2) is 9.21. The van der Waals surface area contributed by atoms with Gasteiger partial charge in [0, 0.05) is 30.5 Å². The Balaban J connectivity index is 1.56. The summed E-state index contributed by atoms with van der Waals surface area (Å²) in [7, 11) is 0. The zero-order chi connectivity index (χ0) is 19.9. The van der Waals surface area contributed by atoms with Crippen LogP contribution in [0.5, 0.6) is 5.75 Å². The Bertz CT molecular complexity index is 828. The minimum atomic E-state index is -0.520. The molecule has 0 bridgehead atoms. The van der Waals surface area contributed by atoms with Crippen LogP contribution in [0.1, 0.15) is 31.2 Å². The number of anilines is 2. The van der Waals surface area contributed by atoms with Crippen molar-refractivity contribution in [3.05, 3.63) is 58.1 Å². The number of nitro benzene ring substituents is 1. The first kappa shape index (κ1) is 19.7. The fourth-order valence-electron chi connectivity index (χ4n) is 3.31. The summed E-state index contributed by atoms with van der Waals surface area (Å²) < 4.78 is 5.38. The molecule has 1 fully saturated rings. The smallest absolute Gasteiger partial charge is 0.310 e. The molecule has 1 amide bonds. The first-order chi connectivity index (χ1) is 13.5. The number of benzene rings is 2. The average molecular weight is 383 g/mol. The van der Waals surface area contributed by atoms with E-state index in [1.54, 1.807) is 12.1 Å². The minimum absolute atomic E-state index is 0.0941. The molecule has 148 valence electrons. The molecule has 28 heavy (non-hydrogen) atoms. The van der Waals surface area contributed by atoms with Crippen LogP contribution in [0, 0.1) is 17.0 Å². The second-order valence-corrected chi connectivity index (χ2v) is 7.01. The van der Waals surface area contributed by atoms with Crippen molar-refractivity contribution >= 4 is 23.0 Å². The molecule has 0 saturated carbocycles. The van der Waals surface area contributed by atoms with Gasteiger partial charge in [0.05, 0.1) is 4.92 Å². The molecule has 1 N–H and O–H groups in total. The maximum absolute atomic E-state index is 12.2. The largest absolute Gasteiger partial charge is 0.477 e. The van der Waals surface area contributed by atoms with Crippen molar-refractivity contribution in [3.63, 3.8) is 0 Å². The molecule has 7 nitrogen and oxygen atoms in total. The standard InChI is InChI=1S/C21H25N3O4/c1-16-6-11-19(24(26)27)20(14-16)28-15-21(25)22-17-7-9-18(10-8-17)23-12-4-2-3-5-13-23/h6-11,14H,2-5,12-13,15H2,1H3,(H,22,25). The van der Waals surface area contributed by atoms with E-state index in [-0.39, 0.29) is 24.0 Å². The average Bonchev–Trinajstić information content (AvgIpc) is 2.96. The van der Waals surface area contributed by atoms with Crippen LogP contribution in [-0.4, -0.2) is 30.5 Å². The van der Waals surface area contributed by atoms with Gasteiger partial charge in [0.1, 0.15) is 0 Å². The van der Waals surface area contributed by atoms with Gasteiger partial charge >= 0.3 is 5.69 Å². The van der Waals surface area contributed by atoms with Gasteiger partial charge in [0.2, 0.25) is 0 Å². The highest BCUT2D eigenvalue weighted by molar-refractivity contribution is 5.92. The fraction of sp³-hybridized carbons (Fsp3) is 0.381. The number of nitrogens with zero attached hydrogens (tertiary/aromatic N) is 2. The second-order valence-electron chi connectivity index (χ2n) is 7.01. The van der Waals surface area contributed by atoms with Gasteiger partial charge < -0.3 is 15.0 Å². The number of carbonyl (C=O) groups is 1. The van der Waals surface area contributed by atoms with Gasteiger partial charge in [0.15, 0.2) is 12.4 Å². The lowest BCUT2D eigenvalue weighted by atomic mass is 10.2. The van der Waals surface area contributed by atoms with Crippen molar-refractivity contribution < 1.29 is 14.5 Å². The summed E-state index contributed by atoms with van der Waals surface area (Å²) in [6.45, 7) is 3.64. The molecule has 0 aromatic heterocycles. The third-order valence-corrected chi connectivity index (χ3v) is 4.79. The topological polar surface area (TPSA) is 84.7 Å². The number of hydrogen-bond acceptors (Lipinski definition) is 5. The van der Waals surface area contributed by atoms with Crippen LogP contribution in [0.25, 0.3) is 0 Å². The number of hydrogen-bond donors (Lipinski definition) is 1. The number of nitrogens with one attached hydrogen (secondary N) is 1. The molecule has 1 aliphatic rings. The molecule has 2 aromatic carbocycles. The Kier molecular flexibility index (Phi) is 6.47. The van der Waals surface area contributed by atoms with Crippen LogP contribution < -0.4 is 15.0 Å². The molecule has 7 heteroatoms. The van der Waals surface area contributed by atoms with E-state index in [0.717, 1.165) is 24.3 Å². The van der Waals surface area contributed by atoms with E-state index in [9.17, 15) is 14.9 Å². The Labute approximate surface area is 164 Å². The molecule has 0 unspecified atom stereocenters. The van der Waals surface area contributed by atoms with Crippen LogP contribution in [0.3, 0.4) is 0 Å². The summed E-state index contributed by atoms with van der Waals surface area (Å²) in [5.74, 6) is -0.269. The SMILES string of the molecule is Cc1ccc([N+](=O)[O-])c(OCC(=O)Nc2ccc(N3CCCCCC3)cc2)c1. The number of nitro groups is 1. The number of rotatable bonds is 6. The Morgan fingerprint density at radius 2 is 1.79 bits per heavy atom. The lowest BCUT2D eigenvalue weighted by Gasteiger charge is -2.22. The van der Waals surface area contributed by atoms with Crippen molar-refractivity contribution in [1.82, 2.24) is 0 Å². The minimum Gasteiger partial charge on any atom is -0.477 e. The Hall–Kier alpha value is -3.09. The number of amides is 1. The molecule has 0 aliphatic carbocycles. The van der Waals surface area contributed by atoms with Gasteiger partial charge in [0.25, 0.3) is 5.91 Å². The van der Waals surface area contributed by atoms with E-state index in [2.05, 4.69) is 10.2 Å². The Morgan fingerprint density at radius 1 is 1.11 bits per heavy atom. The summed E-state index contributed by atoms with van der Waals surface area (Å²) in [6.07, 6.45) is 4.98. The lowest BCUT2D eigenvalue weighted by Crippen LogP contribution is -2.24. The fourth-order valence-corrected chi connectivity index (χ4v) is 3.31. The van der Waals surface area contributed by atoms with Crippen molar-refractivity contribution in [2.45, 2.75) is 32.6 Å². The van der Waals surface area contributed by atoms with E-state index in [0.29, 0.717) is 5.69 Å². The molecule has 1 heterocycles. The van der Waals surface area contributed by atoms with Gasteiger partial charge in [-0.25, -0.2) is 0 Å². The quantitative estimate of drug-likeness (QED) is 0.594. The van der Waals surface area contributed by atoms with Crippen LogP contribution in [-0.2, 0) is 4.79 Å². The molecular weight excluding hydrogens is 358 g/mol. The number of ether oxygens (including phenoxy) is 1. The number of carbonyl (C=O) groups excluding carboxylic acids is 1. The van der Waals surface area contributed by atoms with Gasteiger partial charge in [-0.3, -0.25) is 14.9 Å². The van der Waals surface area contributed by atoms with Crippen molar-refractivity contribution in [2.24, 2.45) is 0 Å². The van der Waals surface area contributed by atoms with E-state index in [1.165, 1.54) is 31.7 Å². The molecule has 0 radical (unpaired) electrons. The van der Waals surface area contributed by atoms with Crippen LogP contribution in [0.15, 0.2) is 42.5 Å². The molecule has 1 saturated heterocycles. The van der Waals surface area contributed by atoms with Crippen molar-refractivity contribution in [1.29, 1.82) is 0 Å². The maximum atomic E-state index is 12.2. The zero-order valence-electron chi connectivity index (χ0n) is 16.0. The first-order valence-electron chi connectivity index (χ1n) is 9.55. The van der Waals surface area contributed by atoms with Gasteiger partial charge in [-0.1, -0.05) is 18.9 Å². The van der Waals surface area contributed by atoms with E-state index in [4.69, 9.17) is 4.74 Å². The van der Waals surface area contributed by atoms with Gasteiger partial charge in [-0.05, 0) is 55.7 Å². The van der Waals surface area contributed by atoms with Crippen LogP contribution in [0.2, 0.25) is 0 Å². The summed E-state index contributed by atoms with van der Waals surface area (Å²) in [4.78, 5) is 25.1. The molecular formula is C21H25N3O4. The van der Waals surface area contributed by atoms with Gasteiger partial charge in [-0.2, -0.15) is 0 Å². The molecule has 3 rings (SSSR count). The van der Waals surface area contributed by atoms with E-state index >= 15 is 0 Å². The molecule has 0 spiro atoms. The number of aryl methyl sites for hydroxylation is 1. The van der Waals surface area contributed by atoms with Crippen LogP contribution >= 0.6 is 0 Å². The van der Waals surface area contributed by atoms with Crippen molar-refractivity contribution in [2.75, 3.05) is 29.9 Å². The predicted molar refractivity (Wildman–Crippen MR) is 109 cm³/mol. The monoisotopic (exact) mass is 383 g/mol. The summed E-state index contributed by atoms with van der Waals surface area (Å²) in [6, 6.07) is 12.3. The van der Waals surface area contributed by atoms with Crippen LogP contribution in [0.4, 0.5) is 17.1 Å². The summed E-state index contributed by atoms with van der Waals surface area (Å²) in [5, 5.41) is 13.8. The Morgan fingerprint density at radius 3 is 2.43 bits per heavy atom. The highest BCUT2D eigenvalue weighted by atomic mass is 16.6. The van der Waals surface area contributed by atoms with E-state index in [1.807, 2.05) is 31.2 Å². The predicted octanol–water partition coefficient (Wildman–Crippen LogP) is 4.30. The lowest BCUT2D eigenvalue weighted by molar-refractivity contribution is -0.385. The van der Waals surface area contributed by atoms with Gasteiger partial charge in [-0.15, -0.1) is 0 Å². The molecule has 1 aliphatic heterocycles. The third-order valence-electron chi connectivity index (χ3n) is 4.79. The zero-order valence-corrected chi connectivity index (χ0v) is 16.0. The molecule has 0 atom stereocenters. The van der Waals surface area contributed by atoms with Crippen molar-refractivity contribution in [3.8, 4) is 5.75 Å². The first-order valence-corrected chi connectivity index (χ1v) is 9.55. The normalized spacial score (nSPS) is 14.2. The summed E-state index contributed by atoms with van der Waals surface area (Å²) >= 11 is 0. The third kappa shape index (κ3) is 5.22. The molecule has 2 aromatic rings. The summed E-state index contributed by atoms with van der Waals surface area (Å²) in [5.41, 5.74) is 2.50.